The summed E-state index contributed by atoms with van der Waals surface area (Å²) in [6, 6.07) is 17.9. The van der Waals surface area contributed by atoms with Crippen LogP contribution in [0.3, 0.4) is 0 Å². The fourth-order valence-electron chi connectivity index (χ4n) is 7.46. The molecular formula is C42H60N4O6Si. The number of carbonyl (C=O) groups excluding carboxylic acids is 5. The van der Waals surface area contributed by atoms with Gasteiger partial charge in [-0.1, -0.05) is 115 Å². The molecule has 0 bridgehead atoms. The first-order chi connectivity index (χ1) is 25.1. The van der Waals surface area contributed by atoms with E-state index in [1.807, 2.05) is 50.2 Å². The molecule has 2 fully saturated rings. The Balaban J connectivity index is 1.48. The van der Waals surface area contributed by atoms with E-state index in [1.165, 1.54) is 0 Å². The molecule has 0 aliphatic carbocycles. The largest absolute Gasteiger partial charge is 0.397 e. The van der Waals surface area contributed by atoms with Gasteiger partial charge in [-0.3, -0.25) is 24.0 Å². The number of amides is 4. The van der Waals surface area contributed by atoms with Crippen molar-refractivity contribution in [2.24, 2.45) is 5.92 Å². The van der Waals surface area contributed by atoms with Crippen LogP contribution in [0.1, 0.15) is 100 Å². The Bertz CT molecular complexity index is 1590. The Labute approximate surface area is 317 Å². The van der Waals surface area contributed by atoms with Gasteiger partial charge in [0.05, 0.1) is 0 Å². The summed E-state index contributed by atoms with van der Waals surface area (Å²) in [7, 11) is -2.93. The highest BCUT2D eigenvalue weighted by Crippen LogP contribution is 2.37. The third kappa shape index (κ3) is 9.35. The van der Waals surface area contributed by atoms with Crippen LogP contribution in [-0.4, -0.2) is 78.9 Å². The van der Waals surface area contributed by atoms with Crippen molar-refractivity contribution in [1.29, 1.82) is 0 Å². The van der Waals surface area contributed by atoms with Gasteiger partial charge in [-0.25, -0.2) is 0 Å². The quantitative estimate of drug-likeness (QED) is 0.157. The van der Waals surface area contributed by atoms with Gasteiger partial charge >= 0.3 is 0 Å². The molecule has 288 valence electrons. The number of unbranched alkanes of at least 4 members (excludes halogenated alkanes) is 1. The summed E-state index contributed by atoms with van der Waals surface area (Å²) >= 11 is 0. The number of hydrogen-bond donors (Lipinski definition) is 3. The lowest BCUT2D eigenvalue weighted by Gasteiger charge is -2.44. The number of nitrogens with zero attached hydrogens (tertiary/aromatic N) is 1. The van der Waals surface area contributed by atoms with Crippen molar-refractivity contribution >= 4 is 48.1 Å². The van der Waals surface area contributed by atoms with Crippen molar-refractivity contribution < 1.29 is 28.4 Å². The first-order valence-corrected chi connectivity index (χ1v) is 21.2. The molecule has 0 spiro atoms. The van der Waals surface area contributed by atoms with E-state index in [-0.39, 0.29) is 41.4 Å². The maximum absolute atomic E-state index is 13.8. The maximum Gasteiger partial charge on any atom is 0.262 e. The van der Waals surface area contributed by atoms with Crippen LogP contribution in [0.2, 0.25) is 5.04 Å². The molecule has 2 saturated heterocycles. The minimum atomic E-state index is -2.93. The van der Waals surface area contributed by atoms with E-state index < -0.39 is 49.9 Å². The summed E-state index contributed by atoms with van der Waals surface area (Å²) in [5.74, 6) is -1.83. The van der Waals surface area contributed by atoms with Gasteiger partial charge in [0.15, 0.2) is 5.78 Å². The van der Waals surface area contributed by atoms with Gasteiger partial charge in [0.25, 0.3) is 8.32 Å². The van der Waals surface area contributed by atoms with Gasteiger partial charge in [0.2, 0.25) is 23.6 Å². The summed E-state index contributed by atoms with van der Waals surface area (Å²) < 4.78 is 6.97. The summed E-state index contributed by atoms with van der Waals surface area (Å²) in [6.07, 6.45) is 5.98. The summed E-state index contributed by atoms with van der Waals surface area (Å²) in [5.41, 5.74) is -1.29. The number of nitrogens with one attached hydrogen (secondary N) is 3. The van der Waals surface area contributed by atoms with Crippen molar-refractivity contribution in [2.45, 2.75) is 135 Å². The molecule has 53 heavy (non-hydrogen) atoms. The van der Waals surface area contributed by atoms with E-state index >= 15 is 0 Å². The SMILES string of the molecule is CC[C@H](C)[C@@H]1NC(=O)[C@](C)(CC)NC(=O)[C@H](CCCC=CC(=O)[C@H](C)O[Si](c2ccccc2)(c2ccccc2)C(C)(C)C)NC(=O)[C@H]2CCCN2C1=O. The molecule has 2 aromatic carbocycles. The highest BCUT2D eigenvalue weighted by molar-refractivity contribution is 6.99. The number of fused-ring (bicyclic) bond motifs is 1. The standard InChI is InChI=1S/C42H60N4O6Si/c1-9-29(3)36-39(50)46-28-20-26-34(46)38(49)43-33(37(48)45-42(8,10-2)40(51)44-36)25-18-13-19-27-35(47)30(4)52-53(41(5,6)7,31-21-14-11-15-22-31)32-23-16-12-17-24-32/h11-12,14-17,19,21-24,27,29-30,33-34,36H,9-10,13,18,20,25-26,28H2,1-8H3,(H,43,49)(H,44,51)(H,45,48)/t29-,30-,33-,34+,36-,42-/m0/s1. The molecule has 0 aromatic heterocycles. The molecule has 2 aliphatic rings. The molecular weight excluding hydrogens is 685 g/mol. The molecule has 2 aromatic rings. The third-order valence-corrected chi connectivity index (χ3v) is 16.3. The first-order valence-electron chi connectivity index (χ1n) is 19.3. The highest BCUT2D eigenvalue weighted by atomic mass is 28.4. The highest BCUT2D eigenvalue weighted by Gasteiger charge is 2.51. The van der Waals surface area contributed by atoms with Gasteiger partial charge in [0, 0.05) is 6.54 Å². The van der Waals surface area contributed by atoms with Gasteiger partial charge in [-0.2, -0.15) is 0 Å². The predicted octanol–water partition coefficient (Wildman–Crippen LogP) is 4.55. The Morgan fingerprint density at radius 2 is 1.57 bits per heavy atom. The number of allylic oxidation sites excluding steroid dienone is 1. The molecule has 3 N–H and O–H groups in total. The van der Waals surface area contributed by atoms with Gasteiger partial charge in [0.1, 0.15) is 29.8 Å². The fraction of sp³-hybridized carbons (Fsp3) is 0.548. The molecule has 0 unspecified atom stereocenters. The van der Waals surface area contributed by atoms with E-state index in [0.29, 0.717) is 38.6 Å². The monoisotopic (exact) mass is 744 g/mol. The van der Waals surface area contributed by atoms with E-state index in [4.69, 9.17) is 4.43 Å². The fourth-order valence-corrected chi connectivity index (χ4v) is 12.1. The lowest BCUT2D eigenvalue weighted by molar-refractivity contribution is -0.145. The van der Waals surface area contributed by atoms with Crippen LogP contribution in [0, 0.1) is 5.92 Å². The molecule has 4 rings (SSSR count). The van der Waals surface area contributed by atoms with Crippen molar-refractivity contribution in [1.82, 2.24) is 20.9 Å². The summed E-state index contributed by atoms with van der Waals surface area (Å²) in [4.78, 5) is 70.0. The van der Waals surface area contributed by atoms with Gasteiger partial charge < -0.3 is 25.3 Å². The van der Waals surface area contributed by atoms with Crippen LogP contribution in [0.4, 0.5) is 0 Å². The second-order valence-corrected chi connectivity index (χ2v) is 20.2. The summed E-state index contributed by atoms with van der Waals surface area (Å²) in [5, 5.41) is 10.7. The van der Waals surface area contributed by atoms with Crippen molar-refractivity contribution in [3.8, 4) is 0 Å². The second kappa shape index (κ2) is 17.8. The Morgan fingerprint density at radius 3 is 2.11 bits per heavy atom. The van der Waals surface area contributed by atoms with E-state index in [9.17, 15) is 24.0 Å². The van der Waals surface area contributed by atoms with Crippen molar-refractivity contribution in [3.63, 3.8) is 0 Å². The maximum atomic E-state index is 13.8. The molecule has 10 nitrogen and oxygen atoms in total. The number of ketones is 1. The van der Waals surface area contributed by atoms with Crippen molar-refractivity contribution in [2.75, 3.05) is 6.54 Å². The van der Waals surface area contributed by atoms with Crippen LogP contribution in [-0.2, 0) is 28.4 Å². The minimum Gasteiger partial charge on any atom is -0.397 e. The van der Waals surface area contributed by atoms with Gasteiger partial charge in [-0.05, 0) is 79.8 Å². The zero-order chi connectivity index (χ0) is 39.0. The third-order valence-electron chi connectivity index (χ3n) is 11.2. The molecule has 2 aliphatic heterocycles. The zero-order valence-electron chi connectivity index (χ0n) is 32.9. The van der Waals surface area contributed by atoms with E-state index in [0.717, 1.165) is 10.4 Å². The molecule has 0 saturated carbocycles. The van der Waals surface area contributed by atoms with E-state index in [2.05, 4.69) is 61.0 Å². The zero-order valence-corrected chi connectivity index (χ0v) is 33.9. The molecule has 4 amide bonds. The number of rotatable bonds is 13. The number of hydrogen-bond acceptors (Lipinski definition) is 6. The van der Waals surface area contributed by atoms with Crippen molar-refractivity contribution in [3.05, 3.63) is 72.8 Å². The topological polar surface area (TPSA) is 134 Å². The van der Waals surface area contributed by atoms with Crippen LogP contribution in [0.5, 0.6) is 0 Å². The molecule has 11 heteroatoms. The van der Waals surface area contributed by atoms with E-state index in [1.54, 1.807) is 37.8 Å². The molecule has 6 atom stereocenters. The number of carbonyl (C=O) groups is 5. The van der Waals surface area contributed by atoms with Crippen LogP contribution >= 0.6 is 0 Å². The average Bonchev–Trinajstić information content (AvgIpc) is 3.64. The first kappa shape index (κ1) is 41.7. The smallest absolute Gasteiger partial charge is 0.262 e. The molecule has 0 radical (unpaired) electrons. The van der Waals surface area contributed by atoms with Crippen LogP contribution < -0.4 is 26.3 Å². The molecule has 2 heterocycles. The van der Waals surface area contributed by atoms with Gasteiger partial charge in [-0.15, -0.1) is 0 Å². The summed E-state index contributed by atoms with van der Waals surface area (Å²) in [6.45, 7) is 16.0. The lowest BCUT2D eigenvalue weighted by Crippen LogP contribution is -2.68. The van der Waals surface area contributed by atoms with Crippen LogP contribution in [0.15, 0.2) is 72.8 Å². The number of benzene rings is 2. The Hall–Kier alpha value is -4.09. The second-order valence-electron chi connectivity index (χ2n) is 15.9. The Morgan fingerprint density at radius 1 is 0.962 bits per heavy atom. The average molecular weight is 745 g/mol. The Kier molecular flexibility index (Phi) is 14.0. The normalized spacial score (nSPS) is 24.4. The van der Waals surface area contributed by atoms with Crippen LogP contribution in [0.25, 0.3) is 0 Å². The lowest BCUT2D eigenvalue weighted by atomic mass is 9.92. The predicted molar refractivity (Wildman–Crippen MR) is 211 cm³/mol. The minimum absolute atomic E-state index is 0.151.